The molecule has 5 aromatic rings. The number of hydrogen-bond acceptors (Lipinski definition) is 4. The lowest BCUT2D eigenvalue weighted by molar-refractivity contribution is 0.0948. The molecule has 0 bridgehead atoms. The lowest BCUT2D eigenvalue weighted by Crippen LogP contribution is -2.23. The highest BCUT2D eigenvalue weighted by molar-refractivity contribution is 7.07. The van der Waals surface area contributed by atoms with Crippen LogP contribution in [0, 0.1) is 0 Å². The van der Waals surface area contributed by atoms with E-state index in [-0.39, 0.29) is 5.91 Å². The first kappa shape index (κ1) is 17.4. The molecule has 0 fully saturated rings. The summed E-state index contributed by atoms with van der Waals surface area (Å²) in [6, 6.07) is 17.7. The SMILES string of the molecule is O=C(NCc1ccsc1)c1nc(-c2cn(-c3ccccc3)cn2)n2ccccc12. The zero-order valence-electron chi connectivity index (χ0n) is 15.4. The third kappa shape index (κ3) is 3.32. The van der Waals surface area contributed by atoms with Gasteiger partial charge in [-0.2, -0.15) is 11.3 Å². The number of carbonyl (C=O) groups excluding carboxylic acids is 1. The van der Waals surface area contributed by atoms with Gasteiger partial charge in [0, 0.05) is 24.6 Å². The molecule has 0 radical (unpaired) electrons. The van der Waals surface area contributed by atoms with E-state index in [9.17, 15) is 4.79 Å². The van der Waals surface area contributed by atoms with Crippen LogP contribution in [0.25, 0.3) is 22.7 Å². The average Bonchev–Trinajstić information content (AvgIpc) is 3.52. The second kappa shape index (κ2) is 7.37. The molecule has 4 aromatic heterocycles. The standard InChI is InChI=1S/C22H17N5OS/c28-22(23-12-16-9-11-29-14-16)20-19-8-4-5-10-27(19)21(25-20)18-13-26(15-24-18)17-6-2-1-3-7-17/h1-11,13-15H,12H2,(H,23,28). The highest BCUT2D eigenvalue weighted by atomic mass is 32.1. The molecule has 0 aliphatic carbocycles. The molecule has 6 nitrogen and oxygen atoms in total. The van der Waals surface area contributed by atoms with Gasteiger partial charge in [-0.1, -0.05) is 24.3 Å². The maximum atomic E-state index is 12.8. The van der Waals surface area contributed by atoms with Crippen molar-refractivity contribution >= 4 is 22.8 Å². The number of thiophene rings is 1. The maximum Gasteiger partial charge on any atom is 0.272 e. The van der Waals surface area contributed by atoms with Crippen LogP contribution in [0.2, 0.25) is 0 Å². The van der Waals surface area contributed by atoms with E-state index in [0.717, 1.165) is 16.8 Å². The van der Waals surface area contributed by atoms with Crippen molar-refractivity contribution in [1.29, 1.82) is 0 Å². The van der Waals surface area contributed by atoms with E-state index in [1.54, 1.807) is 17.7 Å². The number of aromatic nitrogens is 4. The topological polar surface area (TPSA) is 64.2 Å². The van der Waals surface area contributed by atoms with Crippen molar-refractivity contribution in [2.24, 2.45) is 0 Å². The molecule has 0 aliphatic rings. The van der Waals surface area contributed by atoms with Crippen LogP contribution in [0.15, 0.2) is 84.1 Å². The van der Waals surface area contributed by atoms with E-state index in [4.69, 9.17) is 0 Å². The van der Waals surface area contributed by atoms with Crippen LogP contribution >= 0.6 is 11.3 Å². The Labute approximate surface area is 171 Å². The number of nitrogens with zero attached hydrogens (tertiary/aromatic N) is 4. The van der Waals surface area contributed by atoms with E-state index in [2.05, 4.69) is 15.3 Å². The van der Waals surface area contributed by atoms with Gasteiger partial charge in [-0.05, 0) is 46.7 Å². The fourth-order valence-electron chi connectivity index (χ4n) is 3.22. The third-order valence-electron chi connectivity index (χ3n) is 4.66. The molecular weight excluding hydrogens is 382 g/mol. The summed E-state index contributed by atoms with van der Waals surface area (Å²) in [6.07, 6.45) is 5.57. The first-order valence-corrected chi connectivity index (χ1v) is 10.1. The summed E-state index contributed by atoms with van der Waals surface area (Å²) in [5.41, 5.74) is 3.94. The van der Waals surface area contributed by atoms with Gasteiger partial charge in [0.15, 0.2) is 11.5 Å². The highest BCUT2D eigenvalue weighted by Crippen LogP contribution is 2.22. The first-order chi connectivity index (χ1) is 14.3. The van der Waals surface area contributed by atoms with Gasteiger partial charge >= 0.3 is 0 Å². The van der Waals surface area contributed by atoms with Gasteiger partial charge < -0.3 is 9.88 Å². The molecule has 29 heavy (non-hydrogen) atoms. The number of para-hydroxylation sites is 1. The Morgan fingerprint density at radius 2 is 1.93 bits per heavy atom. The predicted molar refractivity (Wildman–Crippen MR) is 113 cm³/mol. The minimum absolute atomic E-state index is 0.200. The lowest BCUT2D eigenvalue weighted by atomic mass is 10.3. The number of rotatable bonds is 5. The van der Waals surface area contributed by atoms with Gasteiger partial charge in [0.25, 0.3) is 5.91 Å². The monoisotopic (exact) mass is 399 g/mol. The molecule has 0 aliphatic heterocycles. The molecule has 0 spiro atoms. The van der Waals surface area contributed by atoms with E-state index in [1.807, 2.05) is 86.7 Å². The quantitative estimate of drug-likeness (QED) is 0.482. The minimum atomic E-state index is -0.200. The van der Waals surface area contributed by atoms with Crippen LogP contribution in [-0.2, 0) is 6.54 Å². The van der Waals surface area contributed by atoms with Gasteiger partial charge in [-0.15, -0.1) is 0 Å². The zero-order chi connectivity index (χ0) is 19.6. The summed E-state index contributed by atoms with van der Waals surface area (Å²) in [5, 5.41) is 6.97. The van der Waals surface area contributed by atoms with Crippen molar-refractivity contribution in [2.75, 3.05) is 0 Å². The van der Waals surface area contributed by atoms with Crippen molar-refractivity contribution in [3.05, 3.63) is 95.3 Å². The molecule has 1 N–H and O–H groups in total. The number of benzene rings is 1. The molecule has 5 rings (SSSR count). The van der Waals surface area contributed by atoms with Gasteiger partial charge in [-0.3, -0.25) is 9.20 Å². The van der Waals surface area contributed by atoms with Crippen LogP contribution in [0.5, 0.6) is 0 Å². The highest BCUT2D eigenvalue weighted by Gasteiger charge is 2.19. The number of imidazole rings is 2. The van der Waals surface area contributed by atoms with Gasteiger partial charge in [0.1, 0.15) is 12.0 Å². The zero-order valence-corrected chi connectivity index (χ0v) is 16.2. The average molecular weight is 399 g/mol. The Balaban J connectivity index is 1.50. The molecule has 0 unspecified atom stereocenters. The summed E-state index contributed by atoms with van der Waals surface area (Å²) in [6.45, 7) is 0.478. The van der Waals surface area contributed by atoms with Crippen molar-refractivity contribution < 1.29 is 4.79 Å². The fraction of sp³-hybridized carbons (Fsp3) is 0.0455. The van der Waals surface area contributed by atoms with E-state index < -0.39 is 0 Å². The predicted octanol–water partition coefficient (Wildman–Crippen LogP) is 4.18. The van der Waals surface area contributed by atoms with E-state index >= 15 is 0 Å². The number of carbonyl (C=O) groups is 1. The molecular formula is C22H17N5OS. The van der Waals surface area contributed by atoms with Crippen LogP contribution < -0.4 is 5.32 Å². The third-order valence-corrected chi connectivity index (χ3v) is 5.39. The molecule has 142 valence electrons. The molecule has 0 saturated carbocycles. The second-order valence-electron chi connectivity index (χ2n) is 6.56. The smallest absolute Gasteiger partial charge is 0.272 e. The number of amides is 1. The summed E-state index contributed by atoms with van der Waals surface area (Å²) >= 11 is 1.61. The molecule has 1 amide bonds. The van der Waals surface area contributed by atoms with Crippen LogP contribution in [0.4, 0.5) is 0 Å². The van der Waals surface area contributed by atoms with E-state index in [0.29, 0.717) is 23.8 Å². The molecule has 0 saturated heterocycles. The summed E-state index contributed by atoms with van der Waals surface area (Å²) in [4.78, 5) is 22.0. The Kier molecular flexibility index (Phi) is 4.42. The van der Waals surface area contributed by atoms with Crippen LogP contribution in [-0.4, -0.2) is 24.8 Å². The number of nitrogens with one attached hydrogen (secondary N) is 1. The molecule has 1 aromatic carbocycles. The first-order valence-electron chi connectivity index (χ1n) is 9.16. The minimum Gasteiger partial charge on any atom is -0.347 e. The maximum absolute atomic E-state index is 12.8. The Morgan fingerprint density at radius 1 is 1.07 bits per heavy atom. The largest absolute Gasteiger partial charge is 0.347 e. The van der Waals surface area contributed by atoms with Crippen molar-refractivity contribution in [2.45, 2.75) is 6.54 Å². The van der Waals surface area contributed by atoms with Gasteiger partial charge in [0.05, 0.1) is 5.52 Å². The van der Waals surface area contributed by atoms with E-state index in [1.165, 1.54) is 0 Å². The van der Waals surface area contributed by atoms with Crippen LogP contribution in [0.1, 0.15) is 16.1 Å². The van der Waals surface area contributed by atoms with Crippen molar-refractivity contribution in [3.8, 4) is 17.2 Å². The second-order valence-corrected chi connectivity index (χ2v) is 7.34. The number of hydrogen-bond donors (Lipinski definition) is 1. The summed E-state index contributed by atoms with van der Waals surface area (Å²) in [7, 11) is 0. The lowest BCUT2D eigenvalue weighted by Gasteiger charge is -2.01. The number of fused-ring (bicyclic) bond motifs is 1. The Morgan fingerprint density at radius 3 is 2.76 bits per heavy atom. The number of pyridine rings is 1. The summed E-state index contributed by atoms with van der Waals surface area (Å²) in [5.74, 6) is 0.435. The normalized spacial score (nSPS) is 11.0. The molecule has 0 atom stereocenters. The Hall–Kier alpha value is -3.71. The van der Waals surface area contributed by atoms with Crippen LogP contribution in [0.3, 0.4) is 0 Å². The Bertz CT molecular complexity index is 1270. The van der Waals surface area contributed by atoms with Gasteiger partial charge in [-0.25, -0.2) is 9.97 Å². The van der Waals surface area contributed by atoms with Crippen molar-refractivity contribution in [1.82, 2.24) is 24.3 Å². The molecule has 4 heterocycles. The van der Waals surface area contributed by atoms with Gasteiger partial charge in [0.2, 0.25) is 0 Å². The summed E-state index contributed by atoms with van der Waals surface area (Å²) < 4.78 is 3.84. The van der Waals surface area contributed by atoms with Crippen molar-refractivity contribution in [3.63, 3.8) is 0 Å². The molecule has 7 heteroatoms. The fourth-order valence-corrected chi connectivity index (χ4v) is 3.89.